The van der Waals surface area contributed by atoms with Crippen LogP contribution in [0.5, 0.6) is 0 Å². The summed E-state index contributed by atoms with van der Waals surface area (Å²) in [5, 5.41) is 7.74. The highest BCUT2D eigenvalue weighted by molar-refractivity contribution is 5.41. The standard InChI is InChI=1S/C14H15N7/c1-4-19-21(6-1)14(2-3-14)9-16-12-8-13(18-10-17-12)20-7-5-15-11-20/h1,4-8,10-11H,2-3,9H2,(H,16,17,18). The van der Waals surface area contributed by atoms with Gasteiger partial charge in [-0.1, -0.05) is 0 Å². The summed E-state index contributed by atoms with van der Waals surface area (Å²) in [6.07, 6.45) is 13.0. The van der Waals surface area contributed by atoms with Crippen molar-refractivity contribution >= 4 is 5.82 Å². The molecule has 4 rings (SSSR count). The summed E-state index contributed by atoms with van der Waals surface area (Å²) in [4.78, 5) is 12.5. The Balaban J connectivity index is 1.50. The molecule has 1 fully saturated rings. The fourth-order valence-electron chi connectivity index (χ4n) is 2.42. The normalized spacial score (nSPS) is 15.8. The second kappa shape index (κ2) is 4.69. The molecule has 0 atom stereocenters. The highest BCUT2D eigenvalue weighted by atomic mass is 15.3. The van der Waals surface area contributed by atoms with Gasteiger partial charge in [0, 0.05) is 37.4 Å². The van der Waals surface area contributed by atoms with Crippen molar-refractivity contribution < 1.29 is 0 Å². The quantitative estimate of drug-likeness (QED) is 0.766. The van der Waals surface area contributed by atoms with Crippen molar-refractivity contribution in [2.24, 2.45) is 0 Å². The Morgan fingerprint density at radius 1 is 1.19 bits per heavy atom. The Hall–Kier alpha value is -2.70. The molecule has 1 aliphatic rings. The van der Waals surface area contributed by atoms with Gasteiger partial charge in [-0.25, -0.2) is 15.0 Å². The molecule has 106 valence electrons. The lowest BCUT2D eigenvalue weighted by molar-refractivity contribution is 0.453. The molecule has 1 aliphatic carbocycles. The lowest BCUT2D eigenvalue weighted by Gasteiger charge is -2.17. The lowest BCUT2D eigenvalue weighted by Crippen LogP contribution is -2.27. The Morgan fingerprint density at radius 2 is 2.14 bits per heavy atom. The molecule has 3 aromatic rings. The van der Waals surface area contributed by atoms with Crippen LogP contribution in [0, 0.1) is 0 Å². The van der Waals surface area contributed by atoms with Crippen molar-refractivity contribution in [3.63, 3.8) is 0 Å². The van der Waals surface area contributed by atoms with Crippen molar-refractivity contribution in [2.75, 3.05) is 11.9 Å². The maximum atomic E-state index is 4.35. The van der Waals surface area contributed by atoms with Crippen LogP contribution in [0.1, 0.15) is 12.8 Å². The van der Waals surface area contributed by atoms with E-state index < -0.39 is 0 Å². The summed E-state index contributed by atoms with van der Waals surface area (Å²) in [5.74, 6) is 1.61. The fourth-order valence-corrected chi connectivity index (χ4v) is 2.42. The summed E-state index contributed by atoms with van der Waals surface area (Å²) in [6, 6.07) is 3.88. The number of rotatable bonds is 5. The third-order valence-electron chi connectivity index (χ3n) is 3.84. The molecule has 0 radical (unpaired) electrons. The molecule has 0 amide bonds. The van der Waals surface area contributed by atoms with Crippen LogP contribution in [0.25, 0.3) is 5.82 Å². The number of hydrogen-bond donors (Lipinski definition) is 1. The number of nitrogens with zero attached hydrogens (tertiary/aromatic N) is 6. The predicted molar refractivity (Wildman–Crippen MR) is 77.1 cm³/mol. The summed E-state index contributed by atoms with van der Waals surface area (Å²) >= 11 is 0. The van der Waals surface area contributed by atoms with Gasteiger partial charge in [0.2, 0.25) is 0 Å². The van der Waals surface area contributed by atoms with Crippen LogP contribution in [-0.4, -0.2) is 35.8 Å². The number of anilines is 1. The van der Waals surface area contributed by atoms with Gasteiger partial charge in [-0.3, -0.25) is 9.25 Å². The maximum Gasteiger partial charge on any atom is 0.143 e. The molecular formula is C14H15N7. The number of nitrogens with one attached hydrogen (secondary N) is 1. The first-order valence-electron chi connectivity index (χ1n) is 6.90. The highest BCUT2D eigenvalue weighted by Crippen LogP contribution is 2.42. The Labute approximate surface area is 121 Å². The smallest absolute Gasteiger partial charge is 0.143 e. The lowest BCUT2D eigenvalue weighted by atomic mass is 10.3. The molecule has 7 heteroatoms. The first-order chi connectivity index (χ1) is 10.4. The summed E-state index contributed by atoms with van der Waals surface area (Å²) < 4.78 is 3.89. The summed E-state index contributed by atoms with van der Waals surface area (Å²) in [7, 11) is 0. The van der Waals surface area contributed by atoms with Crippen molar-refractivity contribution in [3.8, 4) is 5.82 Å². The van der Waals surface area contributed by atoms with Gasteiger partial charge in [-0.15, -0.1) is 0 Å². The molecule has 0 bridgehead atoms. The van der Waals surface area contributed by atoms with Crippen LogP contribution in [0.3, 0.4) is 0 Å². The fraction of sp³-hybridized carbons (Fsp3) is 0.286. The first kappa shape index (κ1) is 12.1. The molecule has 21 heavy (non-hydrogen) atoms. The molecule has 7 nitrogen and oxygen atoms in total. The van der Waals surface area contributed by atoms with Gasteiger partial charge in [0.1, 0.15) is 24.3 Å². The zero-order valence-corrected chi connectivity index (χ0v) is 11.4. The topological polar surface area (TPSA) is 73.5 Å². The minimum Gasteiger partial charge on any atom is -0.367 e. The van der Waals surface area contributed by atoms with E-state index in [-0.39, 0.29) is 5.54 Å². The molecule has 0 spiro atoms. The van der Waals surface area contributed by atoms with E-state index in [1.165, 1.54) is 0 Å². The average molecular weight is 281 g/mol. The largest absolute Gasteiger partial charge is 0.367 e. The maximum absolute atomic E-state index is 4.35. The number of aromatic nitrogens is 6. The zero-order valence-electron chi connectivity index (χ0n) is 11.4. The van der Waals surface area contributed by atoms with Gasteiger partial charge in [0.25, 0.3) is 0 Å². The van der Waals surface area contributed by atoms with Crippen molar-refractivity contribution in [1.82, 2.24) is 29.3 Å². The minimum absolute atomic E-state index is 0.101. The van der Waals surface area contributed by atoms with Crippen molar-refractivity contribution in [2.45, 2.75) is 18.4 Å². The van der Waals surface area contributed by atoms with Gasteiger partial charge in [-0.05, 0) is 18.9 Å². The molecule has 0 unspecified atom stereocenters. The van der Waals surface area contributed by atoms with E-state index in [4.69, 9.17) is 0 Å². The van der Waals surface area contributed by atoms with E-state index >= 15 is 0 Å². The molecule has 3 aromatic heterocycles. The van der Waals surface area contributed by atoms with Gasteiger partial charge >= 0.3 is 0 Å². The van der Waals surface area contributed by atoms with Gasteiger partial charge < -0.3 is 5.32 Å². The highest BCUT2D eigenvalue weighted by Gasteiger charge is 2.45. The zero-order chi connectivity index (χ0) is 14.1. The first-order valence-corrected chi connectivity index (χ1v) is 6.90. The SMILES string of the molecule is c1cnn(C2(CNc3cc(-n4ccnc4)ncn3)CC2)c1. The predicted octanol–water partition coefficient (Wildman–Crippen LogP) is 1.46. The van der Waals surface area contributed by atoms with Crippen molar-refractivity contribution in [3.05, 3.63) is 49.6 Å². The molecule has 1 saturated carbocycles. The van der Waals surface area contributed by atoms with Crippen LogP contribution in [0.2, 0.25) is 0 Å². The molecule has 1 N–H and O–H groups in total. The number of hydrogen-bond acceptors (Lipinski definition) is 5. The van der Waals surface area contributed by atoms with E-state index in [9.17, 15) is 0 Å². The second-order valence-corrected chi connectivity index (χ2v) is 5.26. The summed E-state index contributed by atoms with van der Waals surface area (Å²) in [6.45, 7) is 0.815. The van der Waals surface area contributed by atoms with E-state index in [2.05, 4.69) is 25.4 Å². The molecular weight excluding hydrogens is 266 g/mol. The van der Waals surface area contributed by atoms with E-state index in [0.717, 1.165) is 31.0 Å². The van der Waals surface area contributed by atoms with E-state index in [1.807, 2.05) is 40.0 Å². The molecule has 0 aliphatic heterocycles. The molecule has 0 aromatic carbocycles. The minimum atomic E-state index is 0.101. The van der Waals surface area contributed by atoms with E-state index in [1.54, 1.807) is 18.9 Å². The van der Waals surface area contributed by atoms with Crippen LogP contribution >= 0.6 is 0 Å². The summed E-state index contributed by atoms with van der Waals surface area (Å²) in [5.41, 5.74) is 0.101. The van der Waals surface area contributed by atoms with Gasteiger partial charge in [-0.2, -0.15) is 5.10 Å². The Bertz CT molecular complexity index is 714. The van der Waals surface area contributed by atoms with Crippen LogP contribution in [0.4, 0.5) is 5.82 Å². The Morgan fingerprint density at radius 3 is 2.86 bits per heavy atom. The van der Waals surface area contributed by atoms with Crippen LogP contribution in [0.15, 0.2) is 49.6 Å². The Kier molecular flexibility index (Phi) is 2.70. The van der Waals surface area contributed by atoms with Gasteiger partial charge in [0.05, 0.1) is 5.54 Å². The van der Waals surface area contributed by atoms with Crippen LogP contribution in [-0.2, 0) is 5.54 Å². The van der Waals surface area contributed by atoms with Gasteiger partial charge in [0.15, 0.2) is 0 Å². The van der Waals surface area contributed by atoms with Crippen LogP contribution < -0.4 is 5.32 Å². The number of imidazole rings is 1. The third-order valence-corrected chi connectivity index (χ3v) is 3.84. The van der Waals surface area contributed by atoms with E-state index in [0.29, 0.717) is 0 Å². The molecule has 0 saturated heterocycles. The van der Waals surface area contributed by atoms with Crippen molar-refractivity contribution in [1.29, 1.82) is 0 Å². The average Bonchev–Trinajstić information content (AvgIpc) is 2.99. The molecule has 3 heterocycles. The monoisotopic (exact) mass is 281 g/mol. The second-order valence-electron chi connectivity index (χ2n) is 5.26. The third kappa shape index (κ3) is 2.26.